The van der Waals surface area contributed by atoms with Crippen LogP contribution in [0.5, 0.6) is 11.5 Å². The average molecular weight is 277 g/mol. The molecule has 1 saturated heterocycles. The Bertz CT molecular complexity index is 485. The quantitative estimate of drug-likeness (QED) is 0.849. The Hall–Kier alpha value is -1.79. The molecule has 0 unspecified atom stereocenters. The van der Waals surface area contributed by atoms with Gasteiger partial charge in [0.2, 0.25) is 12.7 Å². The summed E-state index contributed by atoms with van der Waals surface area (Å²) in [6, 6.07) is 5.44. The van der Waals surface area contributed by atoms with Crippen molar-refractivity contribution in [2.75, 3.05) is 44.8 Å². The van der Waals surface area contributed by atoms with Gasteiger partial charge in [-0.05, 0) is 31.6 Å². The van der Waals surface area contributed by atoms with E-state index in [9.17, 15) is 4.79 Å². The molecular weight excluding hydrogens is 258 g/mol. The highest BCUT2D eigenvalue weighted by Crippen LogP contribution is 2.34. The van der Waals surface area contributed by atoms with Crippen LogP contribution in [-0.2, 0) is 4.79 Å². The molecule has 2 N–H and O–H groups in total. The maximum Gasteiger partial charge on any atom is 0.238 e. The molecule has 2 aliphatic heterocycles. The number of fused-ring (bicyclic) bond motifs is 1. The van der Waals surface area contributed by atoms with Crippen LogP contribution in [0.4, 0.5) is 5.69 Å². The third-order valence-electron chi connectivity index (χ3n) is 3.46. The Morgan fingerprint density at radius 1 is 1.25 bits per heavy atom. The van der Waals surface area contributed by atoms with Gasteiger partial charge in [0.05, 0.1) is 6.54 Å². The molecule has 0 aliphatic carbocycles. The van der Waals surface area contributed by atoms with Crippen molar-refractivity contribution in [3.8, 4) is 11.5 Å². The van der Waals surface area contributed by atoms with E-state index < -0.39 is 0 Å². The number of benzene rings is 1. The van der Waals surface area contributed by atoms with Gasteiger partial charge in [-0.2, -0.15) is 0 Å². The lowest BCUT2D eigenvalue weighted by atomic mass is 10.2. The summed E-state index contributed by atoms with van der Waals surface area (Å²) in [5.41, 5.74) is 0.743. The third-order valence-corrected chi connectivity index (χ3v) is 3.46. The van der Waals surface area contributed by atoms with Crippen LogP contribution in [0, 0.1) is 0 Å². The fourth-order valence-electron chi connectivity index (χ4n) is 2.44. The van der Waals surface area contributed by atoms with Gasteiger partial charge in [0.25, 0.3) is 0 Å². The van der Waals surface area contributed by atoms with Crippen LogP contribution in [0.3, 0.4) is 0 Å². The van der Waals surface area contributed by atoms with Crippen LogP contribution in [0.1, 0.15) is 6.42 Å². The summed E-state index contributed by atoms with van der Waals surface area (Å²) in [4.78, 5) is 14.2. The molecule has 2 heterocycles. The molecular formula is C14H19N3O3. The Labute approximate surface area is 118 Å². The second-order valence-electron chi connectivity index (χ2n) is 5.00. The number of ether oxygens (including phenoxy) is 2. The zero-order chi connectivity index (χ0) is 13.8. The second kappa shape index (κ2) is 6.11. The average Bonchev–Trinajstić information content (AvgIpc) is 2.75. The summed E-state index contributed by atoms with van der Waals surface area (Å²) in [5, 5.41) is 6.23. The van der Waals surface area contributed by atoms with E-state index in [0.29, 0.717) is 12.3 Å². The molecule has 3 rings (SSSR count). The first kappa shape index (κ1) is 13.2. The lowest BCUT2D eigenvalue weighted by molar-refractivity contribution is -0.117. The first-order chi connectivity index (χ1) is 9.81. The number of carbonyl (C=O) groups excluding carboxylic acids is 1. The fraction of sp³-hybridized carbons (Fsp3) is 0.500. The van der Waals surface area contributed by atoms with E-state index >= 15 is 0 Å². The third kappa shape index (κ3) is 3.20. The predicted molar refractivity (Wildman–Crippen MR) is 75.1 cm³/mol. The van der Waals surface area contributed by atoms with Gasteiger partial charge in [0.15, 0.2) is 11.5 Å². The number of amides is 1. The van der Waals surface area contributed by atoms with Gasteiger partial charge in [-0.25, -0.2) is 0 Å². The van der Waals surface area contributed by atoms with Crippen molar-refractivity contribution in [3.63, 3.8) is 0 Å². The van der Waals surface area contributed by atoms with Crippen LogP contribution in [0.15, 0.2) is 18.2 Å². The van der Waals surface area contributed by atoms with Crippen LogP contribution < -0.4 is 20.1 Å². The molecule has 1 amide bonds. The van der Waals surface area contributed by atoms with Gasteiger partial charge < -0.3 is 20.1 Å². The van der Waals surface area contributed by atoms with Crippen LogP contribution >= 0.6 is 0 Å². The molecule has 0 aromatic heterocycles. The van der Waals surface area contributed by atoms with E-state index in [1.807, 2.05) is 12.1 Å². The van der Waals surface area contributed by atoms with Crippen molar-refractivity contribution in [1.82, 2.24) is 10.2 Å². The zero-order valence-corrected chi connectivity index (χ0v) is 11.4. The lowest BCUT2D eigenvalue weighted by Crippen LogP contribution is -2.35. The summed E-state index contributed by atoms with van der Waals surface area (Å²) >= 11 is 0. The highest BCUT2D eigenvalue weighted by atomic mass is 16.7. The molecule has 20 heavy (non-hydrogen) atoms. The lowest BCUT2D eigenvalue weighted by Gasteiger charge is -2.18. The van der Waals surface area contributed by atoms with Crippen LogP contribution in [0.2, 0.25) is 0 Å². The number of hydrogen-bond acceptors (Lipinski definition) is 5. The van der Waals surface area contributed by atoms with Crippen molar-refractivity contribution in [2.45, 2.75) is 6.42 Å². The van der Waals surface area contributed by atoms with Gasteiger partial charge >= 0.3 is 0 Å². The maximum atomic E-state index is 12.0. The molecule has 108 valence electrons. The smallest absolute Gasteiger partial charge is 0.238 e. The van der Waals surface area contributed by atoms with Gasteiger partial charge in [-0.1, -0.05) is 0 Å². The van der Waals surface area contributed by atoms with Gasteiger partial charge in [-0.3, -0.25) is 9.69 Å². The predicted octanol–water partition coefficient (Wildman–Crippen LogP) is 0.649. The number of carbonyl (C=O) groups is 1. The first-order valence-corrected chi connectivity index (χ1v) is 6.94. The summed E-state index contributed by atoms with van der Waals surface area (Å²) in [6.45, 7) is 4.51. The van der Waals surface area contributed by atoms with E-state index in [4.69, 9.17) is 9.47 Å². The van der Waals surface area contributed by atoms with Crippen molar-refractivity contribution in [3.05, 3.63) is 18.2 Å². The summed E-state index contributed by atoms with van der Waals surface area (Å²) in [7, 11) is 0. The first-order valence-electron chi connectivity index (χ1n) is 6.94. The van der Waals surface area contributed by atoms with E-state index in [0.717, 1.165) is 44.0 Å². The number of nitrogens with zero attached hydrogens (tertiary/aromatic N) is 1. The van der Waals surface area contributed by atoms with E-state index in [2.05, 4.69) is 15.5 Å². The van der Waals surface area contributed by atoms with Gasteiger partial charge in [0.1, 0.15) is 0 Å². The minimum absolute atomic E-state index is 0.00534. The highest BCUT2D eigenvalue weighted by Gasteiger charge is 2.16. The standard InChI is InChI=1S/C14H19N3O3/c18-14(9-17-6-1-4-15-5-7-17)16-11-2-3-12-13(8-11)20-10-19-12/h2-3,8,15H,1,4-7,9-10H2,(H,16,18). The number of anilines is 1. The summed E-state index contributed by atoms with van der Waals surface area (Å²) in [5.74, 6) is 1.41. The Morgan fingerprint density at radius 2 is 2.15 bits per heavy atom. The summed E-state index contributed by atoms with van der Waals surface area (Å²) < 4.78 is 10.5. The van der Waals surface area contributed by atoms with E-state index in [1.54, 1.807) is 6.07 Å². The van der Waals surface area contributed by atoms with Gasteiger partial charge in [-0.15, -0.1) is 0 Å². The Balaban J connectivity index is 1.55. The Kier molecular flexibility index (Phi) is 4.03. The largest absolute Gasteiger partial charge is 0.454 e. The van der Waals surface area contributed by atoms with Crippen molar-refractivity contribution in [1.29, 1.82) is 0 Å². The maximum absolute atomic E-state index is 12.0. The summed E-state index contributed by atoms with van der Waals surface area (Å²) in [6.07, 6.45) is 1.08. The van der Waals surface area contributed by atoms with Crippen molar-refractivity contribution >= 4 is 11.6 Å². The minimum atomic E-state index is 0.00534. The molecule has 6 nitrogen and oxygen atoms in total. The molecule has 1 fully saturated rings. The Morgan fingerprint density at radius 3 is 3.10 bits per heavy atom. The van der Waals surface area contributed by atoms with Crippen molar-refractivity contribution in [2.24, 2.45) is 0 Å². The number of nitrogens with one attached hydrogen (secondary N) is 2. The van der Waals surface area contributed by atoms with E-state index in [1.165, 1.54) is 0 Å². The fourth-order valence-corrected chi connectivity index (χ4v) is 2.44. The topological polar surface area (TPSA) is 62.8 Å². The zero-order valence-electron chi connectivity index (χ0n) is 11.4. The van der Waals surface area contributed by atoms with E-state index in [-0.39, 0.29) is 12.7 Å². The molecule has 0 spiro atoms. The molecule has 0 saturated carbocycles. The van der Waals surface area contributed by atoms with Crippen LogP contribution in [-0.4, -0.2) is 50.3 Å². The van der Waals surface area contributed by atoms with Gasteiger partial charge in [0, 0.05) is 24.8 Å². The molecule has 2 aliphatic rings. The molecule has 1 aromatic rings. The molecule has 0 bridgehead atoms. The molecule has 0 atom stereocenters. The SMILES string of the molecule is O=C(CN1CCCNCC1)Nc1ccc2c(c1)OCO2. The number of hydrogen-bond donors (Lipinski definition) is 2. The highest BCUT2D eigenvalue weighted by molar-refractivity contribution is 5.92. The molecule has 1 aromatic carbocycles. The van der Waals surface area contributed by atoms with Crippen molar-refractivity contribution < 1.29 is 14.3 Å². The minimum Gasteiger partial charge on any atom is -0.454 e. The molecule has 0 radical (unpaired) electrons. The normalized spacial score (nSPS) is 18.6. The molecule has 6 heteroatoms. The van der Waals surface area contributed by atoms with Crippen LogP contribution in [0.25, 0.3) is 0 Å². The second-order valence-corrected chi connectivity index (χ2v) is 5.00. The monoisotopic (exact) mass is 277 g/mol. The number of rotatable bonds is 3.